The van der Waals surface area contributed by atoms with Gasteiger partial charge in [-0.25, -0.2) is 0 Å². The minimum absolute atomic E-state index is 0.0358. The maximum atomic E-state index is 10.8. The van der Waals surface area contributed by atoms with E-state index in [0.29, 0.717) is 30.4 Å². The number of ether oxygens (including phenoxy) is 2. The average Bonchev–Trinajstić information content (AvgIpc) is 2.48. The van der Waals surface area contributed by atoms with Gasteiger partial charge in [0.15, 0.2) is 0 Å². The molecule has 1 aliphatic heterocycles. The molecule has 0 spiro atoms. The second-order valence-electron chi connectivity index (χ2n) is 4.81. The number of non-ortho nitro benzene ring substituents is 1. The summed E-state index contributed by atoms with van der Waals surface area (Å²) in [6.07, 6.45) is 1.99. The summed E-state index contributed by atoms with van der Waals surface area (Å²) in [7, 11) is 0. The molecule has 0 saturated carbocycles. The number of benzene rings is 1. The Morgan fingerprint density at radius 2 is 2.20 bits per heavy atom. The lowest BCUT2D eigenvalue weighted by Gasteiger charge is -2.22. The van der Waals surface area contributed by atoms with E-state index < -0.39 is 4.92 Å². The number of nitro benzene ring substituents is 1. The molecule has 7 heteroatoms. The van der Waals surface area contributed by atoms with Gasteiger partial charge in [-0.15, -0.1) is 0 Å². The molecule has 1 heterocycles. The Labute approximate surface area is 117 Å². The van der Waals surface area contributed by atoms with E-state index in [-0.39, 0.29) is 5.69 Å². The molecule has 110 valence electrons. The lowest BCUT2D eigenvalue weighted by molar-refractivity contribution is -0.384. The summed E-state index contributed by atoms with van der Waals surface area (Å²) < 4.78 is 10.9. The topological polar surface area (TPSA) is 99.7 Å². The van der Waals surface area contributed by atoms with Gasteiger partial charge in [0.25, 0.3) is 5.69 Å². The number of hydrogen-bond donors (Lipinski definition) is 2. The number of anilines is 1. The third-order valence-corrected chi connectivity index (χ3v) is 3.41. The Morgan fingerprint density at radius 1 is 1.45 bits per heavy atom. The first-order valence-corrected chi connectivity index (χ1v) is 6.60. The molecule has 0 atom stereocenters. The van der Waals surface area contributed by atoms with Gasteiger partial charge in [0.1, 0.15) is 0 Å². The summed E-state index contributed by atoms with van der Waals surface area (Å²) in [5, 5.41) is 10.8. The van der Waals surface area contributed by atoms with Gasteiger partial charge in [-0.2, -0.15) is 0 Å². The molecule has 1 aromatic carbocycles. The molecule has 2 rings (SSSR count). The van der Waals surface area contributed by atoms with Gasteiger partial charge >= 0.3 is 0 Å². The zero-order valence-electron chi connectivity index (χ0n) is 11.2. The van der Waals surface area contributed by atoms with Crippen molar-refractivity contribution in [1.82, 2.24) is 0 Å². The van der Waals surface area contributed by atoms with Crippen molar-refractivity contribution in [3.63, 3.8) is 0 Å². The first-order chi connectivity index (χ1) is 9.70. The van der Waals surface area contributed by atoms with Crippen molar-refractivity contribution in [1.29, 1.82) is 0 Å². The molecular weight excluding hydrogens is 262 g/mol. The highest BCUT2D eigenvalue weighted by atomic mass is 16.6. The van der Waals surface area contributed by atoms with Gasteiger partial charge in [-0.1, -0.05) is 0 Å². The predicted octanol–water partition coefficient (Wildman–Crippen LogP) is 1.82. The number of rotatable bonds is 6. The number of nitro groups is 1. The van der Waals surface area contributed by atoms with E-state index >= 15 is 0 Å². The molecule has 1 aromatic rings. The highest BCUT2D eigenvalue weighted by molar-refractivity contribution is 5.55. The van der Waals surface area contributed by atoms with Crippen molar-refractivity contribution in [3.8, 4) is 0 Å². The molecule has 1 fully saturated rings. The van der Waals surface area contributed by atoms with Crippen LogP contribution in [-0.2, 0) is 16.1 Å². The van der Waals surface area contributed by atoms with Crippen molar-refractivity contribution in [2.75, 3.05) is 25.2 Å². The summed E-state index contributed by atoms with van der Waals surface area (Å²) in [5.74, 6) is 5.90. The third kappa shape index (κ3) is 3.89. The predicted molar refractivity (Wildman–Crippen MR) is 74.1 cm³/mol. The Kier molecular flexibility index (Phi) is 5.28. The smallest absolute Gasteiger partial charge is 0.269 e. The summed E-state index contributed by atoms with van der Waals surface area (Å²) >= 11 is 0. The van der Waals surface area contributed by atoms with Gasteiger partial charge in [-0.05, 0) is 24.8 Å². The average molecular weight is 281 g/mol. The zero-order chi connectivity index (χ0) is 14.4. The molecule has 0 unspecified atom stereocenters. The Balaban J connectivity index is 1.93. The second-order valence-corrected chi connectivity index (χ2v) is 4.81. The van der Waals surface area contributed by atoms with E-state index in [4.69, 9.17) is 15.3 Å². The Hall–Kier alpha value is -1.70. The lowest BCUT2D eigenvalue weighted by atomic mass is 10.0. The van der Waals surface area contributed by atoms with E-state index in [9.17, 15) is 10.1 Å². The fraction of sp³-hybridized carbons (Fsp3) is 0.538. The molecule has 0 bridgehead atoms. The van der Waals surface area contributed by atoms with Crippen LogP contribution in [0.15, 0.2) is 18.2 Å². The van der Waals surface area contributed by atoms with E-state index in [0.717, 1.165) is 26.1 Å². The van der Waals surface area contributed by atoms with Crippen LogP contribution < -0.4 is 11.3 Å². The van der Waals surface area contributed by atoms with Crippen LogP contribution in [-0.4, -0.2) is 24.7 Å². The number of nitrogens with one attached hydrogen (secondary N) is 1. The quantitative estimate of drug-likeness (QED) is 0.469. The van der Waals surface area contributed by atoms with Crippen LogP contribution in [0.1, 0.15) is 18.4 Å². The van der Waals surface area contributed by atoms with Crippen molar-refractivity contribution in [3.05, 3.63) is 33.9 Å². The van der Waals surface area contributed by atoms with Crippen LogP contribution in [0, 0.1) is 16.0 Å². The van der Waals surface area contributed by atoms with E-state index in [1.807, 2.05) is 0 Å². The van der Waals surface area contributed by atoms with Crippen LogP contribution >= 0.6 is 0 Å². The maximum Gasteiger partial charge on any atom is 0.269 e. The Bertz CT molecular complexity index is 461. The number of nitrogens with two attached hydrogens (primary N) is 1. The van der Waals surface area contributed by atoms with Gasteiger partial charge in [-0.3, -0.25) is 16.0 Å². The van der Waals surface area contributed by atoms with Gasteiger partial charge in [0, 0.05) is 30.9 Å². The SMILES string of the molecule is NNc1ccc([N+](=O)[O-])cc1COCC1CCOCC1. The minimum atomic E-state index is -0.428. The van der Waals surface area contributed by atoms with Crippen molar-refractivity contribution in [2.45, 2.75) is 19.4 Å². The zero-order valence-corrected chi connectivity index (χ0v) is 11.2. The van der Waals surface area contributed by atoms with Crippen LogP contribution in [0.3, 0.4) is 0 Å². The number of nitrogens with zero attached hydrogens (tertiary/aromatic N) is 1. The largest absolute Gasteiger partial charge is 0.381 e. The molecular formula is C13H19N3O4. The van der Waals surface area contributed by atoms with Crippen LogP contribution in [0.2, 0.25) is 0 Å². The standard InChI is InChI=1S/C13H19N3O4/c14-15-13-2-1-12(16(17)18)7-11(13)9-20-8-10-3-5-19-6-4-10/h1-2,7,10,15H,3-6,8-9,14H2. The van der Waals surface area contributed by atoms with Gasteiger partial charge < -0.3 is 14.9 Å². The van der Waals surface area contributed by atoms with E-state index in [1.54, 1.807) is 6.07 Å². The number of hydrogen-bond acceptors (Lipinski definition) is 6. The first-order valence-electron chi connectivity index (χ1n) is 6.60. The molecule has 1 aliphatic rings. The molecule has 3 N–H and O–H groups in total. The van der Waals surface area contributed by atoms with E-state index in [1.165, 1.54) is 12.1 Å². The first kappa shape index (κ1) is 14.7. The Morgan fingerprint density at radius 3 is 2.85 bits per heavy atom. The summed E-state index contributed by atoms with van der Waals surface area (Å²) in [5.41, 5.74) is 3.89. The number of nitrogen functional groups attached to an aromatic ring is 1. The summed E-state index contributed by atoms with van der Waals surface area (Å²) in [6.45, 7) is 2.50. The fourth-order valence-electron chi connectivity index (χ4n) is 2.20. The van der Waals surface area contributed by atoms with Crippen molar-refractivity contribution >= 4 is 11.4 Å². The number of hydrazine groups is 1. The van der Waals surface area contributed by atoms with E-state index in [2.05, 4.69) is 5.43 Å². The molecule has 0 amide bonds. The van der Waals surface area contributed by atoms with Crippen LogP contribution in [0.4, 0.5) is 11.4 Å². The molecule has 0 aromatic heterocycles. The summed E-state index contributed by atoms with van der Waals surface area (Å²) in [4.78, 5) is 10.3. The minimum Gasteiger partial charge on any atom is -0.381 e. The molecule has 1 saturated heterocycles. The second kappa shape index (κ2) is 7.18. The van der Waals surface area contributed by atoms with Crippen molar-refractivity contribution < 1.29 is 14.4 Å². The van der Waals surface area contributed by atoms with Gasteiger partial charge in [0.2, 0.25) is 0 Å². The van der Waals surface area contributed by atoms with Crippen molar-refractivity contribution in [2.24, 2.45) is 11.8 Å². The highest BCUT2D eigenvalue weighted by Gasteiger charge is 2.15. The fourth-order valence-corrected chi connectivity index (χ4v) is 2.20. The van der Waals surface area contributed by atoms with Crippen LogP contribution in [0.25, 0.3) is 0 Å². The van der Waals surface area contributed by atoms with Gasteiger partial charge in [0.05, 0.1) is 23.8 Å². The maximum absolute atomic E-state index is 10.8. The third-order valence-electron chi connectivity index (χ3n) is 3.41. The monoisotopic (exact) mass is 281 g/mol. The molecule has 7 nitrogen and oxygen atoms in total. The molecule has 0 radical (unpaired) electrons. The van der Waals surface area contributed by atoms with Crippen LogP contribution in [0.5, 0.6) is 0 Å². The molecule has 20 heavy (non-hydrogen) atoms. The highest BCUT2D eigenvalue weighted by Crippen LogP contribution is 2.23. The summed E-state index contributed by atoms with van der Waals surface area (Å²) in [6, 6.07) is 4.49. The lowest BCUT2D eigenvalue weighted by Crippen LogP contribution is -2.20. The normalized spacial score (nSPS) is 16.1. The molecule has 0 aliphatic carbocycles.